The SMILES string of the molecule is O=C(CCCCC(=O)Oc1ccc(Cl)cc1[N+](=O)[O-])Oc1ccc(Cl)cc1[N+](=O)[O-]. The predicted molar refractivity (Wildman–Crippen MR) is 106 cm³/mol. The lowest BCUT2D eigenvalue weighted by Crippen LogP contribution is -2.11. The molecule has 0 bridgehead atoms. The first-order chi connectivity index (χ1) is 14.2. The van der Waals surface area contributed by atoms with Crippen LogP contribution in [0.4, 0.5) is 11.4 Å². The molecule has 0 atom stereocenters. The van der Waals surface area contributed by atoms with Crippen LogP contribution in [0.2, 0.25) is 10.0 Å². The molecular weight excluding hydrogens is 443 g/mol. The van der Waals surface area contributed by atoms with Crippen LogP contribution in [0.25, 0.3) is 0 Å². The van der Waals surface area contributed by atoms with Gasteiger partial charge in [0, 0.05) is 35.0 Å². The molecule has 0 aliphatic heterocycles. The number of hydrogen-bond acceptors (Lipinski definition) is 8. The molecule has 0 aromatic heterocycles. The highest BCUT2D eigenvalue weighted by atomic mass is 35.5. The number of rotatable bonds is 9. The van der Waals surface area contributed by atoms with Gasteiger partial charge in [0.25, 0.3) is 0 Å². The van der Waals surface area contributed by atoms with Crippen molar-refractivity contribution >= 4 is 46.5 Å². The van der Waals surface area contributed by atoms with E-state index >= 15 is 0 Å². The number of benzene rings is 2. The van der Waals surface area contributed by atoms with E-state index in [0.717, 1.165) is 12.1 Å². The second-order valence-electron chi connectivity index (χ2n) is 5.89. The van der Waals surface area contributed by atoms with E-state index in [9.17, 15) is 29.8 Å². The summed E-state index contributed by atoms with van der Waals surface area (Å²) in [4.78, 5) is 44.3. The van der Waals surface area contributed by atoms with Crippen LogP contribution < -0.4 is 9.47 Å². The molecule has 158 valence electrons. The number of carbonyl (C=O) groups is 2. The number of ether oxygens (including phenoxy) is 2. The second-order valence-corrected chi connectivity index (χ2v) is 6.77. The van der Waals surface area contributed by atoms with Crippen molar-refractivity contribution in [3.05, 3.63) is 66.7 Å². The fourth-order valence-electron chi connectivity index (χ4n) is 2.33. The minimum atomic E-state index is -0.722. The Kier molecular flexibility index (Phi) is 8.07. The van der Waals surface area contributed by atoms with Crippen LogP contribution in [0.3, 0.4) is 0 Å². The van der Waals surface area contributed by atoms with Crippen LogP contribution in [0.5, 0.6) is 11.5 Å². The second kappa shape index (κ2) is 10.5. The summed E-state index contributed by atoms with van der Waals surface area (Å²) >= 11 is 11.4. The lowest BCUT2D eigenvalue weighted by molar-refractivity contribution is -0.385. The molecule has 0 amide bonds. The molecule has 12 heteroatoms. The molecule has 0 fully saturated rings. The van der Waals surface area contributed by atoms with Gasteiger partial charge in [-0.1, -0.05) is 23.2 Å². The summed E-state index contributed by atoms with van der Waals surface area (Å²) in [6.07, 6.45) is 0.262. The number of nitro groups is 2. The Hall–Kier alpha value is -3.24. The summed E-state index contributed by atoms with van der Waals surface area (Å²) in [6.45, 7) is 0. The molecule has 2 aromatic carbocycles. The van der Waals surface area contributed by atoms with Crippen molar-refractivity contribution in [1.29, 1.82) is 0 Å². The molecule has 0 aliphatic rings. The molecule has 10 nitrogen and oxygen atoms in total. The first-order valence-electron chi connectivity index (χ1n) is 8.46. The predicted octanol–water partition coefficient (Wildman–Crippen LogP) is 4.88. The van der Waals surface area contributed by atoms with Gasteiger partial charge < -0.3 is 9.47 Å². The number of esters is 2. The maximum absolute atomic E-state index is 11.9. The molecule has 0 saturated carbocycles. The Morgan fingerprint density at radius 2 is 1.13 bits per heavy atom. The third-order valence-electron chi connectivity index (χ3n) is 3.69. The normalized spacial score (nSPS) is 10.3. The highest BCUT2D eigenvalue weighted by Crippen LogP contribution is 2.31. The molecule has 0 spiro atoms. The maximum atomic E-state index is 11.9. The molecule has 0 heterocycles. The van der Waals surface area contributed by atoms with Crippen LogP contribution >= 0.6 is 23.2 Å². The zero-order valence-corrected chi connectivity index (χ0v) is 16.7. The van der Waals surface area contributed by atoms with Crippen molar-refractivity contribution in [2.75, 3.05) is 0 Å². The van der Waals surface area contributed by atoms with E-state index in [1.54, 1.807) is 0 Å². The van der Waals surface area contributed by atoms with Crippen molar-refractivity contribution in [2.45, 2.75) is 25.7 Å². The van der Waals surface area contributed by atoms with Crippen molar-refractivity contribution in [3.8, 4) is 11.5 Å². The van der Waals surface area contributed by atoms with Crippen molar-refractivity contribution in [1.82, 2.24) is 0 Å². The van der Waals surface area contributed by atoms with Gasteiger partial charge in [-0.15, -0.1) is 0 Å². The first-order valence-corrected chi connectivity index (χ1v) is 9.22. The van der Waals surface area contributed by atoms with E-state index in [0.29, 0.717) is 0 Å². The Morgan fingerprint density at radius 1 is 0.767 bits per heavy atom. The lowest BCUT2D eigenvalue weighted by Gasteiger charge is -2.06. The van der Waals surface area contributed by atoms with Crippen LogP contribution in [-0.4, -0.2) is 21.8 Å². The fraction of sp³-hybridized carbons (Fsp3) is 0.222. The molecule has 0 aliphatic carbocycles. The summed E-state index contributed by atoms with van der Waals surface area (Å²) < 4.78 is 9.95. The van der Waals surface area contributed by atoms with Gasteiger partial charge in [-0.3, -0.25) is 29.8 Å². The molecule has 0 unspecified atom stereocenters. The Bertz CT molecular complexity index is 917. The molecular formula is C18H14Cl2N2O8. The summed E-state index contributed by atoms with van der Waals surface area (Å²) in [5.74, 6) is -1.91. The van der Waals surface area contributed by atoms with E-state index in [4.69, 9.17) is 32.7 Å². The van der Waals surface area contributed by atoms with Gasteiger partial charge in [0.1, 0.15) is 0 Å². The Balaban J connectivity index is 1.82. The molecule has 0 N–H and O–H groups in total. The maximum Gasteiger partial charge on any atom is 0.313 e. The van der Waals surface area contributed by atoms with Crippen molar-refractivity contribution < 1.29 is 28.9 Å². The number of carbonyl (C=O) groups excluding carboxylic acids is 2. The third kappa shape index (κ3) is 6.68. The Labute approximate surface area is 179 Å². The molecule has 2 rings (SSSR count). The summed E-state index contributed by atoms with van der Waals surface area (Å²) in [5, 5.41) is 22.2. The van der Waals surface area contributed by atoms with E-state index in [2.05, 4.69) is 0 Å². The zero-order valence-electron chi connectivity index (χ0n) is 15.2. The molecule has 0 radical (unpaired) electrons. The smallest absolute Gasteiger partial charge is 0.313 e. The van der Waals surface area contributed by atoms with Gasteiger partial charge in [-0.05, 0) is 37.1 Å². The van der Waals surface area contributed by atoms with E-state index in [-0.39, 0.29) is 47.2 Å². The standard InChI is InChI=1S/C18H14Cl2N2O8/c19-11-5-7-15(13(9-11)21(25)26)29-17(23)3-1-2-4-18(24)30-16-8-6-12(20)10-14(16)22(27)28/h5-10H,1-4H2. The summed E-state index contributed by atoms with van der Waals surface area (Å²) in [5.41, 5.74) is -0.882. The fourth-order valence-corrected chi connectivity index (χ4v) is 2.66. The van der Waals surface area contributed by atoms with E-state index in [1.165, 1.54) is 24.3 Å². The third-order valence-corrected chi connectivity index (χ3v) is 4.16. The minimum Gasteiger partial charge on any atom is -0.419 e. The molecule has 0 saturated heterocycles. The number of hydrogen-bond donors (Lipinski definition) is 0. The Morgan fingerprint density at radius 3 is 1.47 bits per heavy atom. The number of nitrogens with zero attached hydrogens (tertiary/aromatic N) is 2. The van der Waals surface area contributed by atoms with Gasteiger partial charge in [-0.25, -0.2) is 0 Å². The van der Waals surface area contributed by atoms with Crippen LogP contribution in [0.15, 0.2) is 36.4 Å². The van der Waals surface area contributed by atoms with Gasteiger partial charge in [0.2, 0.25) is 11.5 Å². The highest BCUT2D eigenvalue weighted by molar-refractivity contribution is 6.31. The van der Waals surface area contributed by atoms with Gasteiger partial charge >= 0.3 is 23.3 Å². The number of halogens is 2. The quantitative estimate of drug-likeness (QED) is 0.171. The molecule has 30 heavy (non-hydrogen) atoms. The van der Waals surface area contributed by atoms with Gasteiger partial charge in [-0.2, -0.15) is 0 Å². The van der Waals surface area contributed by atoms with Crippen molar-refractivity contribution in [2.24, 2.45) is 0 Å². The van der Waals surface area contributed by atoms with Crippen LogP contribution in [0.1, 0.15) is 25.7 Å². The topological polar surface area (TPSA) is 139 Å². The lowest BCUT2D eigenvalue weighted by atomic mass is 10.2. The number of nitro benzene ring substituents is 2. The zero-order chi connectivity index (χ0) is 22.3. The minimum absolute atomic E-state index is 0.103. The van der Waals surface area contributed by atoms with E-state index < -0.39 is 33.2 Å². The average molecular weight is 457 g/mol. The summed E-state index contributed by atoms with van der Waals surface area (Å²) in [6, 6.07) is 7.27. The first kappa shape index (κ1) is 23.0. The summed E-state index contributed by atoms with van der Waals surface area (Å²) in [7, 11) is 0. The van der Waals surface area contributed by atoms with Gasteiger partial charge in [0.05, 0.1) is 9.85 Å². The monoisotopic (exact) mass is 456 g/mol. The number of unbranched alkanes of at least 4 members (excludes halogenated alkanes) is 1. The van der Waals surface area contributed by atoms with Crippen molar-refractivity contribution in [3.63, 3.8) is 0 Å². The average Bonchev–Trinajstić information content (AvgIpc) is 2.67. The van der Waals surface area contributed by atoms with Crippen LogP contribution in [0, 0.1) is 20.2 Å². The largest absolute Gasteiger partial charge is 0.419 e. The highest BCUT2D eigenvalue weighted by Gasteiger charge is 2.20. The van der Waals surface area contributed by atoms with E-state index in [1.807, 2.05) is 0 Å². The van der Waals surface area contributed by atoms with Gasteiger partial charge in [0.15, 0.2) is 0 Å². The van der Waals surface area contributed by atoms with Crippen LogP contribution in [-0.2, 0) is 9.59 Å². The molecule has 2 aromatic rings.